The molecule has 164 valence electrons. The number of imide groups is 1. The van der Waals surface area contributed by atoms with Crippen molar-refractivity contribution in [1.29, 1.82) is 0 Å². The van der Waals surface area contributed by atoms with Crippen molar-refractivity contribution in [3.05, 3.63) is 34.9 Å². The topological polar surface area (TPSA) is 105 Å². The molecular weight excluding hydrogens is 410 g/mol. The Hall–Kier alpha value is -2.61. The van der Waals surface area contributed by atoms with Gasteiger partial charge in [0.2, 0.25) is 0 Å². The molecule has 0 radical (unpaired) electrons. The number of likely N-dealkylation sites (tertiary alicyclic amines) is 1. The SMILES string of the molecule is CC(OC(=O)C1CCN(C(=O)c2ccc(Cl)cc2)CC1)C(=O)NC(=O)NC(C)(C)C. The van der Waals surface area contributed by atoms with Gasteiger partial charge in [-0.1, -0.05) is 11.6 Å². The fraction of sp³-hybridized carbons (Fsp3) is 0.524. The molecule has 1 atom stereocenters. The predicted molar refractivity (Wildman–Crippen MR) is 112 cm³/mol. The molecule has 4 amide bonds. The van der Waals surface area contributed by atoms with Gasteiger partial charge in [-0.15, -0.1) is 0 Å². The van der Waals surface area contributed by atoms with E-state index < -0.39 is 35.5 Å². The van der Waals surface area contributed by atoms with Gasteiger partial charge in [0.15, 0.2) is 6.10 Å². The lowest BCUT2D eigenvalue weighted by Crippen LogP contribution is -2.51. The van der Waals surface area contributed by atoms with Crippen LogP contribution in [0.2, 0.25) is 5.02 Å². The number of urea groups is 1. The number of halogens is 1. The maximum Gasteiger partial charge on any atom is 0.321 e. The fourth-order valence-corrected chi connectivity index (χ4v) is 3.13. The number of amides is 4. The molecule has 9 heteroatoms. The van der Waals surface area contributed by atoms with Gasteiger partial charge in [-0.3, -0.25) is 19.7 Å². The van der Waals surface area contributed by atoms with Gasteiger partial charge in [-0.2, -0.15) is 0 Å². The smallest absolute Gasteiger partial charge is 0.321 e. The molecule has 1 unspecified atom stereocenters. The summed E-state index contributed by atoms with van der Waals surface area (Å²) in [4.78, 5) is 50.4. The lowest BCUT2D eigenvalue weighted by Gasteiger charge is -2.31. The van der Waals surface area contributed by atoms with Crippen molar-refractivity contribution in [2.75, 3.05) is 13.1 Å². The van der Waals surface area contributed by atoms with E-state index >= 15 is 0 Å². The molecular formula is C21H28ClN3O5. The summed E-state index contributed by atoms with van der Waals surface area (Å²) in [5.74, 6) is -1.72. The molecule has 0 spiro atoms. The van der Waals surface area contributed by atoms with E-state index in [4.69, 9.17) is 16.3 Å². The van der Waals surface area contributed by atoms with Crippen molar-refractivity contribution in [2.45, 2.75) is 52.2 Å². The van der Waals surface area contributed by atoms with Gasteiger partial charge >= 0.3 is 12.0 Å². The Kier molecular flexibility index (Phi) is 7.83. The van der Waals surface area contributed by atoms with Crippen LogP contribution in [0.5, 0.6) is 0 Å². The molecule has 1 heterocycles. The molecule has 1 fully saturated rings. The van der Waals surface area contributed by atoms with Crippen molar-refractivity contribution in [2.24, 2.45) is 5.92 Å². The highest BCUT2D eigenvalue weighted by Gasteiger charge is 2.31. The molecule has 0 aromatic heterocycles. The summed E-state index contributed by atoms with van der Waals surface area (Å²) in [6.07, 6.45) is -0.217. The average Bonchev–Trinajstić information content (AvgIpc) is 2.66. The molecule has 1 aliphatic rings. The van der Waals surface area contributed by atoms with Gasteiger partial charge in [-0.05, 0) is 64.8 Å². The first-order chi connectivity index (χ1) is 14.0. The maximum absolute atomic E-state index is 12.5. The van der Waals surface area contributed by atoms with Crippen molar-refractivity contribution < 1.29 is 23.9 Å². The highest BCUT2D eigenvalue weighted by atomic mass is 35.5. The summed E-state index contributed by atoms with van der Waals surface area (Å²) < 4.78 is 5.23. The Morgan fingerprint density at radius 2 is 1.67 bits per heavy atom. The minimum absolute atomic E-state index is 0.115. The lowest BCUT2D eigenvalue weighted by molar-refractivity contribution is -0.159. The van der Waals surface area contributed by atoms with Gasteiger partial charge in [-0.25, -0.2) is 4.79 Å². The van der Waals surface area contributed by atoms with Crippen molar-refractivity contribution in [3.63, 3.8) is 0 Å². The molecule has 0 bridgehead atoms. The number of carbonyl (C=O) groups is 4. The molecule has 2 rings (SSSR count). The molecule has 2 N–H and O–H groups in total. The van der Waals surface area contributed by atoms with Gasteiger partial charge in [0.25, 0.3) is 11.8 Å². The molecule has 1 saturated heterocycles. The highest BCUT2D eigenvalue weighted by molar-refractivity contribution is 6.30. The first-order valence-corrected chi connectivity index (χ1v) is 10.2. The van der Waals surface area contributed by atoms with Crippen molar-refractivity contribution >= 4 is 35.4 Å². The second-order valence-corrected chi connectivity index (χ2v) is 8.78. The summed E-state index contributed by atoms with van der Waals surface area (Å²) in [5, 5.41) is 5.32. The zero-order valence-corrected chi connectivity index (χ0v) is 18.4. The quantitative estimate of drug-likeness (QED) is 0.704. The Morgan fingerprint density at radius 1 is 1.10 bits per heavy atom. The second kappa shape index (κ2) is 9.93. The third-order valence-electron chi connectivity index (χ3n) is 4.59. The minimum Gasteiger partial charge on any atom is -0.452 e. The summed E-state index contributed by atoms with van der Waals surface area (Å²) >= 11 is 5.85. The van der Waals surface area contributed by atoms with Crippen LogP contribution in [0.3, 0.4) is 0 Å². The Morgan fingerprint density at radius 3 is 2.20 bits per heavy atom. The van der Waals surface area contributed by atoms with E-state index in [1.807, 2.05) is 0 Å². The first kappa shape index (κ1) is 23.7. The van der Waals surface area contributed by atoms with Gasteiger partial charge in [0.1, 0.15) is 0 Å². The number of carbonyl (C=O) groups excluding carboxylic acids is 4. The van der Waals surface area contributed by atoms with Crippen LogP contribution in [0.15, 0.2) is 24.3 Å². The average molecular weight is 438 g/mol. The van der Waals surface area contributed by atoms with Crippen molar-refractivity contribution in [3.8, 4) is 0 Å². The third-order valence-corrected chi connectivity index (χ3v) is 4.85. The van der Waals surface area contributed by atoms with E-state index in [2.05, 4.69) is 10.6 Å². The van der Waals surface area contributed by atoms with Crippen LogP contribution in [0.4, 0.5) is 4.79 Å². The van der Waals surface area contributed by atoms with E-state index in [0.717, 1.165) is 0 Å². The third kappa shape index (κ3) is 7.02. The van der Waals surface area contributed by atoms with Crippen LogP contribution in [0, 0.1) is 5.92 Å². The normalized spacial score (nSPS) is 15.8. The van der Waals surface area contributed by atoms with Gasteiger partial charge < -0.3 is 15.0 Å². The number of ether oxygens (including phenoxy) is 1. The summed E-state index contributed by atoms with van der Waals surface area (Å²) in [5.41, 5.74) is 0.0427. The number of benzene rings is 1. The van der Waals surface area contributed by atoms with Gasteiger partial charge in [0.05, 0.1) is 5.92 Å². The van der Waals surface area contributed by atoms with E-state index in [9.17, 15) is 19.2 Å². The van der Waals surface area contributed by atoms with E-state index in [0.29, 0.717) is 36.5 Å². The van der Waals surface area contributed by atoms with Gasteiger partial charge in [0, 0.05) is 29.2 Å². The number of nitrogens with zero attached hydrogens (tertiary/aromatic N) is 1. The fourth-order valence-electron chi connectivity index (χ4n) is 3.00. The minimum atomic E-state index is -1.10. The van der Waals surface area contributed by atoms with Crippen LogP contribution in [-0.2, 0) is 14.3 Å². The molecule has 8 nitrogen and oxygen atoms in total. The summed E-state index contributed by atoms with van der Waals surface area (Å²) in [6, 6.07) is 6.01. The molecule has 1 aromatic carbocycles. The summed E-state index contributed by atoms with van der Waals surface area (Å²) in [6.45, 7) is 7.59. The van der Waals surface area contributed by atoms with Crippen molar-refractivity contribution in [1.82, 2.24) is 15.5 Å². The number of hydrogen-bond donors (Lipinski definition) is 2. The molecule has 1 aliphatic heterocycles. The zero-order chi connectivity index (χ0) is 22.5. The predicted octanol–water partition coefficient (Wildman–Crippen LogP) is 2.75. The molecule has 30 heavy (non-hydrogen) atoms. The number of hydrogen-bond acceptors (Lipinski definition) is 5. The van der Waals surface area contributed by atoms with Crippen LogP contribution in [0.25, 0.3) is 0 Å². The number of nitrogens with one attached hydrogen (secondary N) is 2. The number of piperidine rings is 1. The van der Waals surface area contributed by atoms with Crippen LogP contribution >= 0.6 is 11.6 Å². The molecule has 0 aliphatic carbocycles. The van der Waals surface area contributed by atoms with Crippen LogP contribution < -0.4 is 10.6 Å². The Balaban J connectivity index is 1.80. The Labute approximate surface area is 181 Å². The lowest BCUT2D eigenvalue weighted by atomic mass is 9.96. The molecule has 1 aromatic rings. The number of esters is 1. The zero-order valence-electron chi connectivity index (χ0n) is 17.7. The second-order valence-electron chi connectivity index (χ2n) is 8.35. The monoisotopic (exact) mass is 437 g/mol. The standard InChI is InChI=1S/C21H28ClN3O5/c1-13(17(26)23-20(29)24-21(2,3)4)30-19(28)15-9-11-25(12-10-15)18(27)14-5-7-16(22)8-6-14/h5-8,13,15H,9-12H2,1-4H3,(H2,23,24,26,29). The van der Waals surface area contributed by atoms with E-state index in [1.54, 1.807) is 49.9 Å². The Bertz CT molecular complexity index is 796. The maximum atomic E-state index is 12.5. The van der Waals surface area contributed by atoms with Crippen LogP contribution in [-0.4, -0.2) is 53.4 Å². The first-order valence-electron chi connectivity index (χ1n) is 9.84. The van der Waals surface area contributed by atoms with E-state index in [1.165, 1.54) is 6.92 Å². The molecule has 0 saturated carbocycles. The van der Waals surface area contributed by atoms with Crippen LogP contribution in [0.1, 0.15) is 50.9 Å². The highest BCUT2D eigenvalue weighted by Crippen LogP contribution is 2.21. The summed E-state index contributed by atoms with van der Waals surface area (Å²) in [7, 11) is 0. The largest absolute Gasteiger partial charge is 0.452 e. The number of rotatable bonds is 4. The van der Waals surface area contributed by atoms with E-state index in [-0.39, 0.29) is 5.91 Å².